The Morgan fingerprint density at radius 3 is 2.60 bits per heavy atom. The van der Waals surface area contributed by atoms with Gasteiger partial charge in [0.05, 0.1) is 6.04 Å². The van der Waals surface area contributed by atoms with Crippen LogP contribution < -0.4 is 11.1 Å². The van der Waals surface area contributed by atoms with Gasteiger partial charge in [-0.3, -0.25) is 4.79 Å². The van der Waals surface area contributed by atoms with Crippen molar-refractivity contribution >= 4 is 11.7 Å². The second-order valence-electron chi connectivity index (χ2n) is 3.45. The number of hydrogen-bond donors (Lipinski definition) is 3. The molecule has 0 aromatic heterocycles. The van der Waals surface area contributed by atoms with Crippen molar-refractivity contribution in [3.63, 3.8) is 0 Å². The third kappa shape index (κ3) is 5.21. The summed E-state index contributed by atoms with van der Waals surface area (Å²) < 4.78 is 4.93. The zero-order valence-electron chi connectivity index (χ0n) is 9.36. The first-order valence-corrected chi connectivity index (χ1v) is 4.87. The number of rotatable bonds is 6. The van der Waals surface area contributed by atoms with E-state index in [2.05, 4.69) is 10.5 Å². The largest absolute Gasteiger partial charge is 0.409 e. The first-order chi connectivity index (χ1) is 7.02. The Bertz CT molecular complexity index is 229. The Morgan fingerprint density at radius 1 is 1.60 bits per heavy atom. The summed E-state index contributed by atoms with van der Waals surface area (Å²) in [5.74, 6) is -0.233. The predicted octanol–water partition coefficient (Wildman–Crippen LogP) is -0.0899. The Labute approximate surface area is 89.5 Å². The van der Waals surface area contributed by atoms with Gasteiger partial charge in [0, 0.05) is 6.61 Å². The average molecular weight is 217 g/mol. The van der Waals surface area contributed by atoms with Crippen LogP contribution in [-0.2, 0) is 9.53 Å². The van der Waals surface area contributed by atoms with Gasteiger partial charge in [0.15, 0.2) is 5.84 Å². The van der Waals surface area contributed by atoms with E-state index in [1.807, 2.05) is 13.8 Å². The van der Waals surface area contributed by atoms with Crippen molar-refractivity contribution in [3.8, 4) is 0 Å². The van der Waals surface area contributed by atoms with Crippen molar-refractivity contribution in [2.45, 2.75) is 26.8 Å². The molecule has 0 aliphatic heterocycles. The van der Waals surface area contributed by atoms with Crippen molar-refractivity contribution in [3.05, 3.63) is 0 Å². The maximum Gasteiger partial charge on any atom is 0.246 e. The lowest BCUT2D eigenvalue weighted by atomic mass is 10.0. The second kappa shape index (κ2) is 7.05. The topological polar surface area (TPSA) is 96.9 Å². The summed E-state index contributed by atoms with van der Waals surface area (Å²) in [5, 5.41) is 14.0. The molecule has 0 heterocycles. The van der Waals surface area contributed by atoms with Crippen LogP contribution >= 0.6 is 0 Å². The van der Waals surface area contributed by atoms with Crippen molar-refractivity contribution in [1.29, 1.82) is 0 Å². The number of nitrogens with two attached hydrogens (primary N) is 1. The minimum Gasteiger partial charge on any atom is -0.409 e. The average Bonchev–Trinajstić information content (AvgIpc) is 2.21. The molecule has 0 fully saturated rings. The summed E-state index contributed by atoms with van der Waals surface area (Å²) in [6.45, 7) is 5.99. The van der Waals surface area contributed by atoms with E-state index in [0.717, 1.165) is 0 Å². The summed E-state index contributed by atoms with van der Waals surface area (Å²) in [6.07, 6.45) is 0. The lowest BCUT2D eigenvalue weighted by Crippen LogP contribution is -2.48. The molecule has 0 rings (SSSR count). The summed E-state index contributed by atoms with van der Waals surface area (Å²) >= 11 is 0. The molecule has 15 heavy (non-hydrogen) atoms. The molecule has 1 unspecified atom stereocenters. The third-order valence-electron chi connectivity index (χ3n) is 1.85. The zero-order valence-corrected chi connectivity index (χ0v) is 9.36. The SMILES string of the molecule is CCOCC(=O)NC(C(N)=NO)C(C)C. The highest BCUT2D eigenvalue weighted by atomic mass is 16.5. The van der Waals surface area contributed by atoms with Crippen LogP contribution in [0.15, 0.2) is 5.16 Å². The Balaban J connectivity index is 4.23. The van der Waals surface area contributed by atoms with Gasteiger partial charge in [-0.05, 0) is 12.8 Å². The highest BCUT2D eigenvalue weighted by molar-refractivity contribution is 5.90. The predicted molar refractivity (Wildman–Crippen MR) is 56.7 cm³/mol. The van der Waals surface area contributed by atoms with Gasteiger partial charge in [-0.2, -0.15) is 0 Å². The van der Waals surface area contributed by atoms with E-state index >= 15 is 0 Å². The number of hydrogen-bond acceptors (Lipinski definition) is 4. The molecule has 0 spiro atoms. The van der Waals surface area contributed by atoms with Crippen molar-refractivity contribution < 1.29 is 14.7 Å². The number of oxime groups is 1. The van der Waals surface area contributed by atoms with E-state index in [1.54, 1.807) is 6.92 Å². The van der Waals surface area contributed by atoms with Gasteiger partial charge in [0.2, 0.25) is 5.91 Å². The van der Waals surface area contributed by atoms with Crippen LogP contribution in [0.4, 0.5) is 0 Å². The van der Waals surface area contributed by atoms with Gasteiger partial charge >= 0.3 is 0 Å². The monoisotopic (exact) mass is 217 g/mol. The van der Waals surface area contributed by atoms with Crippen LogP contribution in [-0.4, -0.2) is 36.2 Å². The quantitative estimate of drug-likeness (QED) is 0.251. The fourth-order valence-corrected chi connectivity index (χ4v) is 1.05. The van der Waals surface area contributed by atoms with Crippen LogP contribution in [0.25, 0.3) is 0 Å². The standard InChI is InChI=1S/C9H19N3O3/c1-4-15-5-7(13)11-8(6(2)3)9(10)12-14/h6,8,14H,4-5H2,1-3H3,(H2,10,12)(H,11,13). The molecule has 88 valence electrons. The molecule has 0 saturated heterocycles. The highest BCUT2D eigenvalue weighted by Gasteiger charge is 2.20. The van der Waals surface area contributed by atoms with Gasteiger partial charge < -0.3 is 21.0 Å². The minimum absolute atomic E-state index is 0.00477. The van der Waals surface area contributed by atoms with Crippen LogP contribution in [0.1, 0.15) is 20.8 Å². The highest BCUT2D eigenvalue weighted by Crippen LogP contribution is 2.01. The maximum absolute atomic E-state index is 11.3. The van der Waals surface area contributed by atoms with Crippen LogP contribution in [0.3, 0.4) is 0 Å². The number of nitrogens with zero attached hydrogens (tertiary/aromatic N) is 1. The Kier molecular flexibility index (Phi) is 6.44. The minimum atomic E-state index is -0.469. The molecular weight excluding hydrogens is 198 g/mol. The first kappa shape index (κ1) is 13.7. The van der Waals surface area contributed by atoms with Gasteiger partial charge in [0.25, 0.3) is 0 Å². The smallest absolute Gasteiger partial charge is 0.246 e. The summed E-state index contributed by atoms with van der Waals surface area (Å²) in [7, 11) is 0. The lowest BCUT2D eigenvalue weighted by molar-refractivity contribution is -0.126. The molecule has 0 radical (unpaired) electrons. The maximum atomic E-state index is 11.3. The summed E-state index contributed by atoms with van der Waals surface area (Å²) in [4.78, 5) is 11.3. The molecule has 6 heteroatoms. The second-order valence-corrected chi connectivity index (χ2v) is 3.45. The molecule has 4 N–H and O–H groups in total. The molecule has 0 aliphatic carbocycles. The fraction of sp³-hybridized carbons (Fsp3) is 0.778. The fourth-order valence-electron chi connectivity index (χ4n) is 1.05. The van der Waals surface area contributed by atoms with E-state index in [0.29, 0.717) is 6.61 Å². The van der Waals surface area contributed by atoms with Crippen LogP contribution in [0.2, 0.25) is 0 Å². The van der Waals surface area contributed by atoms with E-state index in [1.165, 1.54) is 0 Å². The lowest BCUT2D eigenvalue weighted by Gasteiger charge is -2.20. The van der Waals surface area contributed by atoms with E-state index < -0.39 is 6.04 Å². The number of amidine groups is 1. The van der Waals surface area contributed by atoms with E-state index in [4.69, 9.17) is 15.7 Å². The van der Waals surface area contributed by atoms with Gasteiger partial charge in [-0.15, -0.1) is 0 Å². The molecule has 0 bridgehead atoms. The summed E-state index contributed by atoms with van der Waals surface area (Å²) in [5.41, 5.74) is 5.44. The molecular formula is C9H19N3O3. The van der Waals surface area contributed by atoms with Gasteiger partial charge in [-0.1, -0.05) is 19.0 Å². The van der Waals surface area contributed by atoms with E-state index in [-0.39, 0.29) is 24.3 Å². The summed E-state index contributed by atoms with van der Waals surface area (Å²) in [6, 6.07) is -0.469. The number of nitrogens with one attached hydrogen (secondary N) is 1. The zero-order chi connectivity index (χ0) is 11.8. The Hall–Kier alpha value is -1.30. The van der Waals surface area contributed by atoms with Crippen LogP contribution in [0.5, 0.6) is 0 Å². The van der Waals surface area contributed by atoms with Crippen molar-refractivity contribution in [2.24, 2.45) is 16.8 Å². The number of amides is 1. The Morgan fingerprint density at radius 2 is 2.20 bits per heavy atom. The van der Waals surface area contributed by atoms with Gasteiger partial charge in [0.1, 0.15) is 6.61 Å². The van der Waals surface area contributed by atoms with Crippen LogP contribution in [0, 0.1) is 5.92 Å². The molecule has 6 nitrogen and oxygen atoms in total. The molecule has 1 atom stereocenters. The molecule has 0 aromatic rings. The number of carbonyl (C=O) groups excluding carboxylic acids is 1. The normalized spacial score (nSPS) is 14.0. The van der Waals surface area contributed by atoms with E-state index in [9.17, 15) is 4.79 Å². The van der Waals surface area contributed by atoms with Crippen molar-refractivity contribution in [1.82, 2.24) is 5.32 Å². The van der Waals surface area contributed by atoms with Gasteiger partial charge in [-0.25, -0.2) is 0 Å². The molecule has 0 aromatic carbocycles. The molecule has 1 amide bonds. The third-order valence-corrected chi connectivity index (χ3v) is 1.85. The molecule has 0 aliphatic rings. The number of ether oxygens (including phenoxy) is 1. The first-order valence-electron chi connectivity index (χ1n) is 4.87. The van der Waals surface area contributed by atoms with Crippen molar-refractivity contribution in [2.75, 3.05) is 13.2 Å². The molecule has 0 saturated carbocycles. The number of carbonyl (C=O) groups is 1.